The Kier molecular flexibility index (Phi) is 13.7. The van der Waals surface area contributed by atoms with Crippen LogP contribution in [0.4, 0.5) is 5.69 Å². The largest absolute Gasteiger partial charge is 0.497 e. The summed E-state index contributed by atoms with van der Waals surface area (Å²) in [4.78, 5) is 28.9. The minimum atomic E-state index is 0.625. The van der Waals surface area contributed by atoms with Crippen LogP contribution in [0.2, 0.25) is 0 Å². The van der Waals surface area contributed by atoms with Gasteiger partial charge in [0.15, 0.2) is 6.29 Å². The average Bonchev–Trinajstić information content (AvgIpc) is 3.86. The standard InChI is InChI=1S/C25H28N2O3S.C12H22N2O/c1-16-8-17(2)27-25(16)11-19(14-28)23-13-22(6-7-24(23)26-3)31-15-18-9-20(29-4)12-21(10-18)30-5;15-10-14-7-1-2-12(9-14)5-6-13-8-11-3-4-11/h6-14,26-27H,15H2,1-5H3;10-13H,1-9H2/b19-11+;. The van der Waals surface area contributed by atoms with Crippen molar-refractivity contribution in [3.05, 3.63) is 70.5 Å². The Labute approximate surface area is 278 Å². The molecule has 1 atom stereocenters. The Morgan fingerprint density at radius 2 is 1.78 bits per heavy atom. The highest BCUT2D eigenvalue weighted by Crippen LogP contribution is 2.33. The van der Waals surface area contributed by atoms with E-state index in [1.165, 1.54) is 38.6 Å². The number of hydrogen-bond donors (Lipinski definition) is 3. The number of rotatable bonds is 15. The van der Waals surface area contributed by atoms with Gasteiger partial charge in [0.05, 0.1) is 14.2 Å². The molecule has 1 saturated carbocycles. The summed E-state index contributed by atoms with van der Waals surface area (Å²) in [5.74, 6) is 3.99. The molecule has 1 aliphatic heterocycles. The highest BCUT2D eigenvalue weighted by molar-refractivity contribution is 7.98. The maximum absolute atomic E-state index is 12.0. The van der Waals surface area contributed by atoms with E-state index in [0.29, 0.717) is 5.57 Å². The first-order valence-corrected chi connectivity index (χ1v) is 17.2. The maximum atomic E-state index is 12.0. The van der Waals surface area contributed by atoms with E-state index in [0.717, 1.165) is 100 Å². The van der Waals surface area contributed by atoms with Gasteiger partial charge in [-0.15, -0.1) is 11.8 Å². The van der Waals surface area contributed by atoms with Crippen molar-refractivity contribution >= 4 is 41.8 Å². The number of hydrogen-bond acceptors (Lipinski definition) is 7. The summed E-state index contributed by atoms with van der Waals surface area (Å²) in [5, 5.41) is 6.72. The van der Waals surface area contributed by atoms with E-state index in [1.54, 1.807) is 26.0 Å². The average molecular weight is 647 g/mol. The van der Waals surface area contributed by atoms with Crippen molar-refractivity contribution in [3.8, 4) is 11.5 Å². The third kappa shape index (κ3) is 10.7. The second-order valence-corrected chi connectivity index (χ2v) is 13.3. The molecule has 1 saturated heterocycles. The molecule has 1 amide bonds. The van der Waals surface area contributed by atoms with Crippen molar-refractivity contribution in [3.63, 3.8) is 0 Å². The van der Waals surface area contributed by atoms with E-state index in [2.05, 4.69) is 33.8 Å². The lowest BCUT2D eigenvalue weighted by Gasteiger charge is -2.29. The Bertz CT molecular complexity index is 1440. The number of aldehydes is 1. The molecule has 3 aromatic rings. The minimum Gasteiger partial charge on any atom is -0.497 e. The zero-order valence-corrected chi connectivity index (χ0v) is 28.8. The number of thioether (sulfide) groups is 1. The maximum Gasteiger partial charge on any atom is 0.209 e. The van der Waals surface area contributed by atoms with Crippen molar-refractivity contribution in [2.24, 2.45) is 11.8 Å². The van der Waals surface area contributed by atoms with E-state index in [9.17, 15) is 9.59 Å². The second-order valence-electron chi connectivity index (χ2n) is 12.3. The number of carbonyl (C=O) groups is 2. The molecule has 2 aromatic carbocycles. The van der Waals surface area contributed by atoms with E-state index < -0.39 is 0 Å². The zero-order chi connectivity index (χ0) is 32.9. The molecule has 46 heavy (non-hydrogen) atoms. The van der Waals surface area contributed by atoms with Crippen LogP contribution >= 0.6 is 11.8 Å². The molecule has 2 heterocycles. The van der Waals surface area contributed by atoms with Gasteiger partial charge in [0, 0.05) is 65.1 Å². The lowest BCUT2D eigenvalue weighted by atomic mass is 9.95. The van der Waals surface area contributed by atoms with Gasteiger partial charge in [-0.2, -0.15) is 0 Å². The van der Waals surface area contributed by atoms with Crippen molar-refractivity contribution in [2.75, 3.05) is 52.8 Å². The summed E-state index contributed by atoms with van der Waals surface area (Å²) in [6.07, 6.45) is 10.4. The highest BCUT2D eigenvalue weighted by Gasteiger charge is 2.21. The highest BCUT2D eigenvalue weighted by atomic mass is 32.2. The lowest BCUT2D eigenvalue weighted by Crippen LogP contribution is -2.35. The molecule has 248 valence electrons. The fourth-order valence-corrected chi connectivity index (χ4v) is 6.65. The molecule has 1 aliphatic carbocycles. The number of methoxy groups -OCH3 is 2. The normalized spacial score (nSPS) is 16.3. The van der Waals surface area contributed by atoms with Gasteiger partial charge in [-0.05, 0) is 124 Å². The fraction of sp³-hybridized carbons (Fsp3) is 0.459. The summed E-state index contributed by atoms with van der Waals surface area (Å²) < 4.78 is 10.7. The molecule has 0 radical (unpaired) electrons. The summed E-state index contributed by atoms with van der Waals surface area (Å²) in [6, 6.07) is 14.1. The van der Waals surface area contributed by atoms with Crippen molar-refractivity contribution < 1.29 is 19.1 Å². The summed E-state index contributed by atoms with van der Waals surface area (Å²) in [5.41, 5.74) is 6.64. The summed E-state index contributed by atoms with van der Waals surface area (Å²) in [6.45, 7) is 8.34. The van der Waals surface area contributed by atoms with Crippen molar-refractivity contribution in [1.29, 1.82) is 0 Å². The number of aryl methyl sites for hydroxylation is 2. The van der Waals surface area contributed by atoms with Gasteiger partial charge in [-0.25, -0.2) is 0 Å². The van der Waals surface area contributed by atoms with Gasteiger partial charge in [0.25, 0.3) is 0 Å². The number of allylic oxidation sites excluding steroid dienone is 1. The van der Waals surface area contributed by atoms with Crippen LogP contribution in [0.3, 0.4) is 0 Å². The first-order valence-electron chi connectivity index (χ1n) is 16.3. The monoisotopic (exact) mass is 646 g/mol. The Morgan fingerprint density at radius 3 is 2.39 bits per heavy atom. The first kappa shape index (κ1) is 35.2. The molecule has 9 heteroatoms. The third-order valence-corrected chi connectivity index (χ3v) is 9.63. The van der Waals surface area contributed by atoms with Crippen LogP contribution in [0.5, 0.6) is 11.5 Å². The number of aromatic nitrogens is 1. The number of carbonyl (C=O) groups excluding carboxylic acids is 2. The molecule has 1 unspecified atom stereocenters. The molecule has 8 nitrogen and oxygen atoms in total. The number of H-pyrrole nitrogens is 1. The van der Waals surface area contributed by atoms with Crippen molar-refractivity contribution in [1.82, 2.24) is 15.2 Å². The van der Waals surface area contributed by atoms with Gasteiger partial charge in [-0.1, -0.05) is 0 Å². The minimum absolute atomic E-state index is 0.625. The first-order chi connectivity index (χ1) is 22.3. The number of benzene rings is 2. The third-order valence-electron chi connectivity index (χ3n) is 8.56. The van der Waals surface area contributed by atoms with E-state index in [1.807, 2.05) is 56.1 Å². The molecule has 2 aliphatic rings. The van der Waals surface area contributed by atoms with Crippen LogP contribution in [-0.4, -0.2) is 70.0 Å². The number of likely N-dealkylation sites (tertiary alicyclic amines) is 1. The number of nitrogens with one attached hydrogen (secondary N) is 3. The summed E-state index contributed by atoms with van der Waals surface area (Å²) in [7, 11) is 5.16. The fourth-order valence-electron chi connectivity index (χ4n) is 5.78. The van der Waals surface area contributed by atoms with Crippen LogP contribution in [-0.2, 0) is 15.3 Å². The Hall–Kier alpha value is -3.69. The summed E-state index contributed by atoms with van der Waals surface area (Å²) >= 11 is 1.70. The molecule has 0 bridgehead atoms. The zero-order valence-electron chi connectivity index (χ0n) is 28.0. The number of amides is 1. The number of nitrogens with zero attached hydrogens (tertiary/aromatic N) is 1. The Morgan fingerprint density at radius 1 is 1.02 bits per heavy atom. The van der Waals surface area contributed by atoms with Gasteiger partial charge < -0.3 is 30.0 Å². The lowest BCUT2D eigenvalue weighted by molar-refractivity contribution is -0.119. The number of aromatic amines is 1. The second kappa shape index (κ2) is 17.9. The van der Waals surface area contributed by atoms with Crippen LogP contribution in [0, 0.1) is 25.7 Å². The molecule has 5 rings (SSSR count). The van der Waals surface area contributed by atoms with E-state index >= 15 is 0 Å². The number of piperidine rings is 1. The van der Waals surface area contributed by atoms with Crippen LogP contribution < -0.4 is 20.1 Å². The van der Waals surface area contributed by atoms with E-state index in [-0.39, 0.29) is 0 Å². The van der Waals surface area contributed by atoms with Crippen LogP contribution in [0.25, 0.3) is 11.6 Å². The number of ether oxygens (including phenoxy) is 2. The predicted octanol–water partition coefficient (Wildman–Crippen LogP) is 6.97. The topological polar surface area (TPSA) is 95.7 Å². The quantitative estimate of drug-likeness (QED) is 0.0711. The molecule has 1 aromatic heterocycles. The smallest absolute Gasteiger partial charge is 0.209 e. The predicted molar refractivity (Wildman–Crippen MR) is 190 cm³/mol. The van der Waals surface area contributed by atoms with Gasteiger partial charge in [0.2, 0.25) is 6.41 Å². The van der Waals surface area contributed by atoms with Crippen molar-refractivity contribution in [2.45, 2.75) is 56.6 Å². The van der Waals surface area contributed by atoms with Crippen LogP contribution in [0.15, 0.2) is 47.4 Å². The van der Waals surface area contributed by atoms with Gasteiger partial charge in [0.1, 0.15) is 11.5 Å². The molecule has 3 N–H and O–H groups in total. The van der Waals surface area contributed by atoms with Gasteiger partial charge >= 0.3 is 0 Å². The molecule has 0 spiro atoms. The molecular weight excluding hydrogens is 596 g/mol. The SMILES string of the molecule is CNc1ccc(SCc2cc(OC)cc(OC)c2)cc1/C(C=O)=C/c1[nH]c(C)cc1C.O=CN1CCCC(CCNCC2CC2)C1. The number of anilines is 1. The van der Waals surface area contributed by atoms with Gasteiger partial charge in [-0.3, -0.25) is 9.59 Å². The molecular formula is C37H50N4O4S. The molecule has 2 fully saturated rings. The Balaban J connectivity index is 0.000000266. The van der Waals surface area contributed by atoms with E-state index in [4.69, 9.17) is 9.47 Å². The van der Waals surface area contributed by atoms with Crippen LogP contribution in [0.1, 0.15) is 60.2 Å².